The highest BCUT2D eigenvalue weighted by Crippen LogP contribution is 2.27. The summed E-state index contributed by atoms with van der Waals surface area (Å²) in [6.45, 7) is 0.415. The Bertz CT molecular complexity index is 442. The van der Waals surface area contributed by atoms with Gasteiger partial charge in [-0.1, -0.05) is 6.07 Å². The maximum absolute atomic E-state index is 10.4. The molecule has 0 unspecified atom stereocenters. The van der Waals surface area contributed by atoms with E-state index in [0.29, 0.717) is 13.0 Å². The van der Waals surface area contributed by atoms with Crippen molar-refractivity contribution in [1.82, 2.24) is 0 Å². The average molecular weight is 233 g/mol. The van der Waals surface area contributed by atoms with Gasteiger partial charge in [-0.15, -0.1) is 0 Å². The summed E-state index contributed by atoms with van der Waals surface area (Å²) in [5.41, 5.74) is 6.05. The summed E-state index contributed by atoms with van der Waals surface area (Å²) in [7, 11) is -4.61. The summed E-state index contributed by atoms with van der Waals surface area (Å²) in [5.74, 6) is -0.683. The van der Waals surface area contributed by atoms with Gasteiger partial charge >= 0.3 is 10.4 Å². The lowest BCUT2D eigenvalue weighted by Crippen LogP contribution is -2.07. The third kappa shape index (κ3) is 3.74. The summed E-state index contributed by atoms with van der Waals surface area (Å²) in [6, 6.07) is 4.12. The molecule has 0 aliphatic heterocycles. The van der Waals surface area contributed by atoms with Crippen LogP contribution in [0.4, 0.5) is 0 Å². The Labute approximate surface area is 87.2 Å². The molecule has 1 rings (SSSR count). The highest BCUT2D eigenvalue weighted by molar-refractivity contribution is 7.81. The molecular weight excluding hydrogens is 222 g/mol. The van der Waals surface area contributed by atoms with Crippen LogP contribution in [0.25, 0.3) is 0 Å². The summed E-state index contributed by atoms with van der Waals surface area (Å²) < 4.78 is 33.2. The van der Waals surface area contributed by atoms with Crippen molar-refractivity contribution in [3.63, 3.8) is 0 Å². The van der Waals surface area contributed by atoms with Crippen LogP contribution in [0.1, 0.15) is 5.56 Å². The number of phenols is 1. The Morgan fingerprint density at radius 1 is 1.40 bits per heavy atom. The fraction of sp³-hybridized carbons (Fsp3) is 0.250. The van der Waals surface area contributed by atoms with Gasteiger partial charge in [0.15, 0.2) is 11.5 Å². The molecule has 0 bridgehead atoms. The molecule has 0 atom stereocenters. The molecule has 0 saturated heterocycles. The largest absolute Gasteiger partial charge is 0.504 e. The quantitative estimate of drug-likeness (QED) is 0.635. The minimum absolute atomic E-state index is 0.321. The first-order valence-electron chi connectivity index (χ1n) is 4.11. The molecule has 7 heteroatoms. The monoisotopic (exact) mass is 233 g/mol. The molecule has 1 aromatic carbocycles. The fourth-order valence-corrected chi connectivity index (χ4v) is 1.44. The molecule has 0 aliphatic rings. The molecule has 0 aliphatic carbocycles. The number of phenolic OH excluding ortho intramolecular Hbond substituents is 1. The predicted molar refractivity (Wildman–Crippen MR) is 53.0 cm³/mol. The van der Waals surface area contributed by atoms with E-state index in [1.807, 2.05) is 0 Å². The van der Waals surface area contributed by atoms with Crippen LogP contribution in [0.3, 0.4) is 0 Å². The maximum atomic E-state index is 10.4. The highest BCUT2D eigenvalue weighted by atomic mass is 32.3. The zero-order valence-electron chi connectivity index (χ0n) is 7.75. The third-order valence-electron chi connectivity index (χ3n) is 1.65. The molecule has 84 valence electrons. The molecule has 0 radical (unpaired) electrons. The second-order valence-electron chi connectivity index (χ2n) is 2.85. The van der Waals surface area contributed by atoms with E-state index in [9.17, 15) is 13.5 Å². The van der Waals surface area contributed by atoms with Gasteiger partial charge in [0.25, 0.3) is 0 Å². The van der Waals surface area contributed by atoms with E-state index in [4.69, 9.17) is 10.3 Å². The lowest BCUT2D eigenvalue weighted by molar-refractivity contribution is 0.371. The highest BCUT2D eigenvalue weighted by Gasteiger charge is 2.11. The lowest BCUT2D eigenvalue weighted by atomic mass is 10.1. The maximum Gasteiger partial charge on any atom is 0.446 e. The van der Waals surface area contributed by atoms with Crippen molar-refractivity contribution in [1.29, 1.82) is 0 Å². The summed E-state index contributed by atoms with van der Waals surface area (Å²) in [5, 5.41) is 9.34. The van der Waals surface area contributed by atoms with Crippen LogP contribution in [0.15, 0.2) is 18.2 Å². The summed E-state index contributed by atoms with van der Waals surface area (Å²) in [6.07, 6.45) is 0.555. The van der Waals surface area contributed by atoms with Crippen LogP contribution in [0.2, 0.25) is 0 Å². The molecule has 0 heterocycles. The van der Waals surface area contributed by atoms with Gasteiger partial charge in [0.05, 0.1) is 0 Å². The Morgan fingerprint density at radius 3 is 2.53 bits per heavy atom. The van der Waals surface area contributed by atoms with E-state index in [-0.39, 0.29) is 11.5 Å². The van der Waals surface area contributed by atoms with Crippen molar-refractivity contribution in [2.24, 2.45) is 5.73 Å². The van der Waals surface area contributed by atoms with E-state index in [2.05, 4.69) is 4.18 Å². The van der Waals surface area contributed by atoms with Crippen molar-refractivity contribution in [2.45, 2.75) is 6.42 Å². The number of hydrogen-bond acceptors (Lipinski definition) is 5. The van der Waals surface area contributed by atoms with Crippen molar-refractivity contribution >= 4 is 10.4 Å². The smallest absolute Gasteiger partial charge is 0.446 e. The molecule has 0 fully saturated rings. The van der Waals surface area contributed by atoms with E-state index in [1.165, 1.54) is 12.1 Å². The first-order valence-corrected chi connectivity index (χ1v) is 5.48. The van der Waals surface area contributed by atoms with Crippen LogP contribution < -0.4 is 9.92 Å². The Hall–Kier alpha value is -1.31. The summed E-state index contributed by atoms with van der Waals surface area (Å²) >= 11 is 0. The number of hydrogen-bond donors (Lipinski definition) is 3. The fourth-order valence-electron chi connectivity index (χ4n) is 1.07. The first kappa shape index (κ1) is 11.8. The minimum atomic E-state index is -4.61. The SMILES string of the molecule is NCCc1ccc(OS(=O)(=O)O)c(O)c1. The van der Waals surface area contributed by atoms with E-state index >= 15 is 0 Å². The van der Waals surface area contributed by atoms with Crippen molar-refractivity contribution in [2.75, 3.05) is 6.54 Å². The van der Waals surface area contributed by atoms with Crippen LogP contribution >= 0.6 is 0 Å². The molecule has 0 spiro atoms. The van der Waals surface area contributed by atoms with Gasteiger partial charge in [-0.3, -0.25) is 4.55 Å². The number of rotatable bonds is 4. The van der Waals surface area contributed by atoms with Crippen LogP contribution in [-0.4, -0.2) is 24.6 Å². The van der Waals surface area contributed by atoms with Gasteiger partial charge in [-0.05, 0) is 30.7 Å². The van der Waals surface area contributed by atoms with E-state index in [0.717, 1.165) is 5.56 Å². The normalized spacial score (nSPS) is 11.3. The van der Waals surface area contributed by atoms with E-state index < -0.39 is 10.4 Å². The molecule has 15 heavy (non-hydrogen) atoms. The second-order valence-corrected chi connectivity index (χ2v) is 3.87. The molecule has 0 saturated carbocycles. The molecule has 6 nitrogen and oxygen atoms in total. The predicted octanol–water partition coefficient (Wildman–Crippen LogP) is 0.0750. The molecule has 1 aromatic rings. The first-order chi connectivity index (χ1) is 6.92. The molecule has 4 N–H and O–H groups in total. The van der Waals surface area contributed by atoms with Gasteiger partial charge in [-0.2, -0.15) is 8.42 Å². The Morgan fingerprint density at radius 2 is 2.07 bits per heavy atom. The molecule has 0 amide bonds. The van der Waals surface area contributed by atoms with Crippen LogP contribution in [-0.2, 0) is 16.8 Å². The van der Waals surface area contributed by atoms with Gasteiger partial charge < -0.3 is 15.0 Å². The van der Waals surface area contributed by atoms with Crippen LogP contribution in [0.5, 0.6) is 11.5 Å². The number of benzene rings is 1. The van der Waals surface area contributed by atoms with Crippen molar-refractivity contribution in [3.8, 4) is 11.5 Å². The number of nitrogens with two attached hydrogens (primary N) is 1. The standard InChI is InChI=1S/C8H11NO5S/c9-4-3-6-1-2-8(7(10)5-6)14-15(11,12)13/h1-2,5,10H,3-4,9H2,(H,11,12,13). The van der Waals surface area contributed by atoms with Gasteiger partial charge in [-0.25, -0.2) is 0 Å². The lowest BCUT2D eigenvalue weighted by Gasteiger charge is -2.05. The average Bonchev–Trinajstić information content (AvgIpc) is 2.08. The number of aromatic hydroxyl groups is 1. The Kier molecular flexibility index (Phi) is 3.51. The van der Waals surface area contributed by atoms with E-state index in [1.54, 1.807) is 6.07 Å². The summed E-state index contributed by atoms with van der Waals surface area (Å²) in [4.78, 5) is 0. The van der Waals surface area contributed by atoms with Gasteiger partial charge in [0, 0.05) is 0 Å². The molecule has 0 aromatic heterocycles. The second kappa shape index (κ2) is 4.47. The van der Waals surface area contributed by atoms with Gasteiger partial charge in [0.1, 0.15) is 0 Å². The Balaban J connectivity index is 2.93. The topological polar surface area (TPSA) is 110 Å². The van der Waals surface area contributed by atoms with Crippen molar-refractivity contribution in [3.05, 3.63) is 23.8 Å². The zero-order valence-corrected chi connectivity index (χ0v) is 8.57. The third-order valence-corrected chi connectivity index (χ3v) is 2.04. The van der Waals surface area contributed by atoms with Crippen LogP contribution in [0, 0.1) is 0 Å². The zero-order chi connectivity index (χ0) is 11.5. The minimum Gasteiger partial charge on any atom is -0.504 e. The van der Waals surface area contributed by atoms with Crippen molar-refractivity contribution < 1.29 is 22.3 Å². The van der Waals surface area contributed by atoms with Gasteiger partial charge in [0.2, 0.25) is 0 Å². The molecular formula is C8H11NO5S.